The highest BCUT2D eigenvalue weighted by molar-refractivity contribution is 7.10. The minimum atomic E-state index is -0.294. The first-order chi connectivity index (χ1) is 13.2. The lowest BCUT2D eigenvalue weighted by Crippen LogP contribution is -2.42. The summed E-state index contributed by atoms with van der Waals surface area (Å²) >= 11 is 1.71. The van der Waals surface area contributed by atoms with E-state index in [9.17, 15) is 4.79 Å². The summed E-state index contributed by atoms with van der Waals surface area (Å²) in [6, 6.07) is 14.7. The largest absolute Gasteiger partial charge is 0.355 e. The molecule has 0 radical (unpaired) electrons. The van der Waals surface area contributed by atoms with Crippen LogP contribution >= 0.6 is 11.3 Å². The molecule has 1 fully saturated rings. The molecule has 5 heteroatoms. The molecule has 0 unspecified atom stereocenters. The van der Waals surface area contributed by atoms with Gasteiger partial charge in [-0.1, -0.05) is 43.2 Å². The third-order valence-electron chi connectivity index (χ3n) is 5.65. The Morgan fingerprint density at radius 1 is 1.19 bits per heavy atom. The van der Waals surface area contributed by atoms with Crippen LogP contribution in [0, 0.1) is 0 Å². The molecule has 4 rings (SSSR count). The van der Waals surface area contributed by atoms with Gasteiger partial charge >= 0.3 is 0 Å². The summed E-state index contributed by atoms with van der Waals surface area (Å²) in [5, 5.41) is 9.50. The van der Waals surface area contributed by atoms with Gasteiger partial charge in [0.25, 0.3) is 0 Å². The van der Waals surface area contributed by atoms with Crippen LogP contribution in [-0.2, 0) is 23.7 Å². The zero-order valence-electron chi connectivity index (χ0n) is 15.6. The fourth-order valence-electron chi connectivity index (χ4n) is 4.10. The summed E-state index contributed by atoms with van der Waals surface area (Å²) in [5.41, 5.74) is 3.20. The van der Waals surface area contributed by atoms with Crippen LogP contribution in [0.3, 0.4) is 0 Å². The lowest BCUT2D eigenvalue weighted by Gasteiger charge is -2.26. The molecular formula is C22H25N3OS. The third-order valence-corrected chi connectivity index (χ3v) is 6.73. The molecule has 1 aromatic carbocycles. The van der Waals surface area contributed by atoms with Gasteiger partial charge in [-0.3, -0.25) is 9.48 Å². The first-order valence-electron chi connectivity index (χ1n) is 9.59. The number of carbonyl (C=O) groups is 1. The minimum absolute atomic E-state index is 0.203. The second-order valence-electron chi connectivity index (χ2n) is 7.31. The number of carbonyl (C=O) groups excluding carboxylic acids is 1. The van der Waals surface area contributed by atoms with Gasteiger partial charge in [0.15, 0.2) is 0 Å². The van der Waals surface area contributed by atoms with Crippen molar-refractivity contribution >= 4 is 17.2 Å². The molecule has 0 saturated heterocycles. The monoisotopic (exact) mass is 379 g/mol. The Kier molecular flexibility index (Phi) is 5.12. The zero-order chi connectivity index (χ0) is 18.7. The van der Waals surface area contributed by atoms with E-state index in [4.69, 9.17) is 0 Å². The van der Waals surface area contributed by atoms with Gasteiger partial charge in [-0.25, -0.2) is 0 Å². The molecule has 3 aromatic rings. The highest BCUT2D eigenvalue weighted by Crippen LogP contribution is 2.43. The summed E-state index contributed by atoms with van der Waals surface area (Å²) in [5.74, 6) is 0.203. The highest BCUT2D eigenvalue weighted by Gasteiger charge is 2.43. The lowest BCUT2D eigenvalue weighted by molar-refractivity contribution is -0.126. The van der Waals surface area contributed by atoms with Gasteiger partial charge in [0.1, 0.15) is 0 Å². The van der Waals surface area contributed by atoms with E-state index in [0.717, 1.165) is 43.4 Å². The molecule has 1 amide bonds. The van der Waals surface area contributed by atoms with E-state index in [-0.39, 0.29) is 11.3 Å². The van der Waals surface area contributed by atoms with Crippen molar-refractivity contribution in [3.63, 3.8) is 0 Å². The number of aryl methyl sites for hydroxylation is 1. The maximum absolute atomic E-state index is 13.0. The SMILES string of the molecule is Cn1nccc1-c1ccc(CCNC(=O)C2(c3cccs3)CCCC2)cc1. The van der Waals surface area contributed by atoms with Crippen molar-refractivity contribution in [1.29, 1.82) is 0 Å². The Hall–Kier alpha value is -2.40. The van der Waals surface area contributed by atoms with Crippen molar-refractivity contribution < 1.29 is 4.79 Å². The molecule has 2 aromatic heterocycles. The van der Waals surface area contributed by atoms with E-state index in [0.29, 0.717) is 6.54 Å². The number of hydrogen-bond acceptors (Lipinski definition) is 3. The third kappa shape index (κ3) is 3.56. The van der Waals surface area contributed by atoms with Crippen molar-refractivity contribution in [2.75, 3.05) is 6.54 Å². The van der Waals surface area contributed by atoms with Crippen LogP contribution in [0.15, 0.2) is 54.0 Å². The first kappa shape index (κ1) is 18.0. The summed E-state index contributed by atoms with van der Waals surface area (Å²) < 4.78 is 1.88. The second-order valence-corrected chi connectivity index (χ2v) is 8.26. The lowest BCUT2D eigenvalue weighted by atomic mass is 9.83. The molecule has 1 saturated carbocycles. The average Bonchev–Trinajstić information content (AvgIpc) is 3.44. The predicted octanol–water partition coefficient (Wildman–Crippen LogP) is 4.32. The van der Waals surface area contributed by atoms with Crippen molar-refractivity contribution in [2.45, 2.75) is 37.5 Å². The molecule has 140 valence electrons. The van der Waals surface area contributed by atoms with Gasteiger partial charge in [-0.2, -0.15) is 5.10 Å². The van der Waals surface area contributed by atoms with E-state index < -0.39 is 0 Å². The van der Waals surface area contributed by atoms with Gasteiger partial charge in [0, 0.05) is 24.7 Å². The smallest absolute Gasteiger partial charge is 0.231 e. The number of rotatable bonds is 6. The first-order valence-corrected chi connectivity index (χ1v) is 10.5. The maximum atomic E-state index is 13.0. The molecule has 27 heavy (non-hydrogen) atoms. The van der Waals surface area contributed by atoms with Crippen molar-refractivity contribution in [3.8, 4) is 11.3 Å². The van der Waals surface area contributed by atoms with Crippen LogP contribution in [0.1, 0.15) is 36.1 Å². The van der Waals surface area contributed by atoms with E-state index in [1.54, 1.807) is 11.3 Å². The summed E-state index contributed by atoms with van der Waals surface area (Å²) in [4.78, 5) is 14.2. The Bertz CT molecular complexity index is 890. The zero-order valence-corrected chi connectivity index (χ0v) is 16.5. The van der Waals surface area contributed by atoms with Gasteiger partial charge in [0.2, 0.25) is 5.91 Å². The molecule has 0 spiro atoms. The molecular weight excluding hydrogens is 354 g/mol. The van der Waals surface area contributed by atoms with Crippen molar-refractivity contribution in [3.05, 3.63) is 64.5 Å². The average molecular weight is 380 g/mol. The predicted molar refractivity (Wildman–Crippen MR) is 110 cm³/mol. The van der Waals surface area contributed by atoms with Crippen LogP contribution in [0.2, 0.25) is 0 Å². The molecule has 0 bridgehead atoms. The van der Waals surface area contributed by atoms with Gasteiger partial charge in [0.05, 0.1) is 11.1 Å². The Labute approximate surface area is 164 Å². The number of nitrogens with one attached hydrogen (secondary N) is 1. The summed E-state index contributed by atoms with van der Waals surface area (Å²) in [6.45, 7) is 0.678. The van der Waals surface area contributed by atoms with Gasteiger partial charge < -0.3 is 5.32 Å². The molecule has 1 aliphatic rings. The number of amides is 1. The fourth-order valence-corrected chi connectivity index (χ4v) is 5.09. The molecule has 0 aliphatic heterocycles. The normalized spacial score (nSPS) is 15.7. The number of nitrogens with zero attached hydrogens (tertiary/aromatic N) is 2. The number of thiophene rings is 1. The van der Waals surface area contributed by atoms with E-state index in [1.807, 2.05) is 24.0 Å². The molecule has 1 N–H and O–H groups in total. The Balaban J connectivity index is 1.37. The quantitative estimate of drug-likeness (QED) is 0.693. The van der Waals surface area contributed by atoms with Crippen LogP contribution < -0.4 is 5.32 Å². The second kappa shape index (κ2) is 7.69. The maximum Gasteiger partial charge on any atom is 0.231 e. The number of benzene rings is 1. The van der Waals surface area contributed by atoms with E-state index in [2.05, 4.69) is 52.2 Å². The summed E-state index contributed by atoms with van der Waals surface area (Å²) in [6.07, 6.45) is 6.88. The van der Waals surface area contributed by atoms with E-state index >= 15 is 0 Å². The molecule has 0 atom stereocenters. The van der Waals surface area contributed by atoms with Gasteiger partial charge in [-0.15, -0.1) is 11.3 Å². The number of aromatic nitrogens is 2. The van der Waals surface area contributed by atoms with Crippen LogP contribution in [0.25, 0.3) is 11.3 Å². The minimum Gasteiger partial charge on any atom is -0.355 e. The molecule has 4 nitrogen and oxygen atoms in total. The van der Waals surface area contributed by atoms with Crippen LogP contribution in [0.5, 0.6) is 0 Å². The van der Waals surface area contributed by atoms with Crippen LogP contribution in [0.4, 0.5) is 0 Å². The van der Waals surface area contributed by atoms with Crippen molar-refractivity contribution in [1.82, 2.24) is 15.1 Å². The van der Waals surface area contributed by atoms with E-state index in [1.165, 1.54) is 10.4 Å². The molecule has 1 aliphatic carbocycles. The standard InChI is InChI=1S/C22H25N3OS/c1-25-19(11-15-24-25)18-8-6-17(7-9-18)10-14-23-21(26)22(12-2-3-13-22)20-5-4-16-27-20/h4-9,11,15-16H,2-3,10,12-14H2,1H3,(H,23,26). The van der Waals surface area contributed by atoms with Gasteiger partial charge in [-0.05, 0) is 47.9 Å². The Morgan fingerprint density at radius 3 is 2.59 bits per heavy atom. The Morgan fingerprint density at radius 2 is 1.96 bits per heavy atom. The fraction of sp³-hybridized carbons (Fsp3) is 0.364. The van der Waals surface area contributed by atoms with Crippen LogP contribution in [-0.4, -0.2) is 22.2 Å². The van der Waals surface area contributed by atoms with Crippen molar-refractivity contribution in [2.24, 2.45) is 7.05 Å². The number of hydrogen-bond donors (Lipinski definition) is 1. The highest BCUT2D eigenvalue weighted by atomic mass is 32.1. The summed E-state index contributed by atoms with van der Waals surface area (Å²) in [7, 11) is 1.95. The topological polar surface area (TPSA) is 46.9 Å². The molecule has 2 heterocycles.